The zero-order chi connectivity index (χ0) is 22.6. The van der Waals surface area contributed by atoms with E-state index in [0.29, 0.717) is 26.6 Å². The van der Waals surface area contributed by atoms with Gasteiger partial charge in [0.2, 0.25) is 0 Å². The quantitative estimate of drug-likeness (QED) is 0.273. The first kappa shape index (κ1) is 21.0. The first-order valence-electron chi connectivity index (χ1n) is 9.28. The SMILES string of the molecule is N#Cc1ccc2c(c1)cc(-c1cc3ccccc3s1)n2S(=O)(=O)c1cc(Br)cc(Cl)c1O. The lowest BCUT2D eigenvalue weighted by Gasteiger charge is -2.13. The highest BCUT2D eigenvalue weighted by atomic mass is 79.9. The minimum absolute atomic E-state index is 0.0791. The molecule has 0 amide bonds. The Labute approximate surface area is 200 Å². The summed E-state index contributed by atoms with van der Waals surface area (Å²) in [5.41, 5.74) is 1.25. The third-order valence-electron chi connectivity index (χ3n) is 5.08. The van der Waals surface area contributed by atoms with Crippen LogP contribution in [0.15, 0.2) is 76.1 Å². The molecule has 9 heteroatoms. The van der Waals surface area contributed by atoms with Crippen LogP contribution in [0.25, 0.3) is 31.6 Å². The topological polar surface area (TPSA) is 83.1 Å². The van der Waals surface area contributed by atoms with E-state index in [2.05, 4.69) is 22.0 Å². The average molecular weight is 544 g/mol. The number of aromatic hydroxyl groups is 1. The van der Waals surface area contributed by atoms with Crippen LogP contribution >= 0.6 is 38.9 Å². The number of halogens is 2. The maximum absolute atomic E-state index is 13.9. The van der Waals surface area contributed by atoms with Crippen molar-refractivity contribution in [3.8, 4) is 22.4 Å². The van der Waals surface area contributed by atoms with Crippen LogP contribution in [0.5, 0.6) is 5.75 Å². The minimum Gasteiger partial charge on any atom is -0.505 e. The Morgan fingerprint density at radius 2 is 1.81 bits per heavy atom. The second-order valence-electron chi connectivity index (χ2n) is 7.07. The molecule has 0 saturated heterocycles. The van der Waals surface area contributed by atoms with Crippen molar-refractivity contribution in [3.63, 3.8) is 0 Å². The zero-order valence-corrected chi connectivity index (χ0v) is 20.1. The number of phenols is 1. The fourth-order valence-electron chi connectivity index (χ4n) is 3.64. The van der Waals surface area contributed by atoms with Gasteiger partial charge in [-0.3, -0.25) is 0 Å². The predicted octanol–water partition coefficient (Wildman–Crippen LogP) is 6.75. The van der Waals surface area contributed by atoms with Crippen LogP contribution in [-0.4, -0.2) is 17.5 Å². The van der Waals surface area contributed by atoms with E-state index >= 15 is 0 Å². The molecule has 1 N–H and O–H groups in total. The molecule has 158 valence electrons. The van der Waals surface area contributed by atoms with Crippen molar-refractivity contribution in [1.82, 2.24) is 3.97 Å². The number of fused-ring (bicyclic) bond motifs is 2. The monoisotopic (exact) mass is 542 g/mol. The molecular formula is C23H12BrClN2O3S2. The summed E-state index contributed by atoms with van der Waals surface area (Å²) >= 11 is 10.8. The Bertz CT molecular complexity index is 1670. The van der Waals surface area contributed by atoms with Crippen LogP contribution in [0, 0.1) is 11.3 Å². The van der Waals surface area contributed by atoms with Gasteiger partial charge in [0.1, 0.15) is 4.90 Å². The first-order valence-corrected chi connectivity index (χ1v) is 12.7. The second kappa shape index (κ2) is 7.64. The normalized spacial score (nSPS) is 11.8. The van der Waals surface area contributed by atoms with Crippen molar-refractivity contribution in [1.29, 1.82) is 5.26 Å². The third kappa shape index (κ3) is 3.29. The Hall–Kier alpha value is -2.83. The summed E-state index contributed by atoms with van der Waals surface area (Å²) < 4.78 is 30.4. The number of nitriles is 1. The van der Waals surface area contributed by atoms with E-state index in [4.69, 9.17) is 11.6 Å². The highest BCUT2D eigenvalue weighted by molar-refractivity contribution is 9.10. The van der Waals surface area contributed by atoms with Gasteiger partial charge in [0, 0.05) is 14.6 Å². The molecule has 0 aliphatic rings. The number of rotatable bonds is 3. The zero-order valence-electron chi connectivity index (χ0n) is 16.1. The molecule has 0 bridgehead atoms. The minimum atomic E-state index is -4.26. The number of aromatic nitrogens is 1. The molecule has 0 unspecified atom stereocenters. The second-order valence-corrected chi connectivity index (χ2v) is 11.2. The van der Waals surface area contributed by atoms with Gasteiger partial charge in [-0.15, -0.1) is 11.3 Å². The van der Waals surface area contributed by atoms with Crippen LogP contribution in [0.3, 0.4) is 0 Å². The molecule has 5 nitrogen and oxygen atoms in total. The lowest BCUT2D eigenvalue weighted by molar-refractivity contribution is 0.458. The number of thiophene rings is 1. The lowest BCUT2D eigenvalue weighted by Crippen LogP contribution is -2.14. The summed E-state index contributed by atoms with van der Waals surface area (Å²) in [5.74, 6) is -0.521. The summed E-state index contributed by atoms with van der Waals surface area (Å²) in [5, 5.41) is 21.3. The van der Waals surface area contributed by atoms with Crippen molar-refractivity contribution in [2.75, 3.05) is 0 Å². The van der Waals surface area contributed by atoms with Gasteiger partial charge >= 0.3 is 0 Å². The van der Waals surface area contributed by atoms with Crippen LogP contribution in [0.2, 0.25) is 5.02 Å². The Morgan fingerprint density at radius 1 is 1.03 bits per heavy atom. The maximum atomic E-state index is 13.9. The molecule has 5 rings (SSSR count). The average Bonchev–Trinajstić information content (AvgIpc) is 3.37. The number of hydrogen-bond donors (Lipinski definition) is 1. The van der Waals surface area contributed by atoms with Gasteiger partial charge in [0.05, 0.1) is 32.7 Å². The number of hydrogen-bond acceptors (Lipinski definition) is 5. The maximum Gasteiger partial charge on any atom is 0.272 e. The number of benzene rings is 3. The highest BCUT2D eigenvalue weighted by Gasteiger charge is 2.29. The molecule has 32 heavy (non-hydrogen) atoms. The van der Waals surface area contributed by atoms with Crippen LogP contribution in [0.4, 0.5) is 0 Å². The molecule has 0 atom stereocenters. The van der Waals surface area contributed by atoms with E-state index in [9.17, 15) is 18.8 Å². The van der Waals surface area contributed by atoms with Crippen molar-refractivity contribution < 1.29 is 13.5 Å². The molecular weight excluding hydrogens is 532 g/mol. The van der Waals surface area contributed by atoms with E-state index in [1.54, 1.807) is 24.3 Å². The van der Waals surface area contributed by atoms with Gasteiger partial charge in [-0.25, -0.2) is 12.4 Å². The van der Waals surface area contributed by atoms with Gasteiger partial charge in [0.25, 0.3) is 10.0 Å². The van der Waals surface area contributed by atoms with Crippen molar-refractivity contribution in [2.24, 2.45) is 0 Å². The molecule has 2 heterocycles. The number of nitrogens with zero attached hydrogens (tertiary/aromatic N) is 2. The Balaban J connectivity index is 1.87. The largest absolute Gasteiger partial charge is 0.505 e. The summed E-state index contributed by atoms with van der Waals surface area (Å²) in [6.45, 7) is 0. The van der Waals surface area contributed by atoms with Crippen LogP contribution < -0.4 is 0 Å². The van der Waals surface area contributed by atoms with E-state index in [-0.39, 0.29) is 9.92 Å². The fourth-order valence-corrected chi connectivity index (χ4v) is 7.44. The molecule has 0 fully saturated rings. The van der Waals surface area contributed by atoms with Gasteiger partial charge < -0.3 is 5.11 Å². The van der Waals surface area contributed by atoms with Crippen molar-refractivity contribution >= 4 is 69.9 Å². The number of phenolic OH excluding ortho intramolecular Hbond substituents is 1. The van der Waals surface area contributed by atoms with Gasteiger partial charge in [-0.2, -0.15) is 5.26 Å². The van der Waals surface area contributed by atoms with Crippen LogP contribution in [0.1, 0.15) is 5.56 Å². The van der Waals surface area contributed by atoms with Gasteiger partial charge in [0.15, 0.2) is 5.75 Å². The first-order chi connectivity index (χ1) is 15.3. The summed E-state index contributed by atoms with van der Waals surface area (Å²) in [6.07, 6.45) is 0. The molecule has 2 aromatic heterocycles. The Kier molecular flexibility index (Phi) is 5.02. The molecule has 0 aliphatic heterocycles. The van der Waals surface area contributed by atoms with E-state index in [0.717, 1.165) is 15.0 Å². The Morgan fingerprint density at radius 3 is 2.56 bits per heavy atom. The fraction of sp³-hybridized carbons (Fsp3) is 0. The van der Waals surface area contributed by atoms with Crippen molar-refractivity contribution in [3.05, 3.63) is 81.8 Å². The summed E-state index contributed by atoms with van der Waals surface area (Å²) in [4.78, 5) is 0.422. The summed E-state index contributed by atoms with van der Waals surface area (Å²) in [6, 6.07) is 21.1. The van der Waals surface area contributed by atoms with Gasteiger partial charge in [-0.1, -0.05) is 45.7 Å². The standard InChI is InChI=1S/C23H12BrClN2O3S2/c24-16-10-17(25)23(28)22(11-16)32(29,30)27-18-6-5-13(12-26)7-15(18)8-19(27)21-9-14-3-1-2-4-20(14)31-21/h1-11,28H. The molecule has 0 spiro atoms. The molecule has 5 aromatic rings. The van der Waals surface area contributed by atoms with Crippen LogP contribution in [-0.2, 0) is 10.0 Å². The summed E-state index contributed by atoms with van der Waals surface area (Å²) in [7, 11) is -4.26. The van der Waals surface area contributed by atoms with Gasteiger partial charge in [-0.05, 0) is 53.9 Å². The van der Waals surface area contributed by atoms with E-state index < -0.39 is 15.8 Å². The van der Waals surface area contributed by atoms with E-state index in [1.807, 2.05) is 30.3 Å². The smallest absolute Gasteiger partial charge is 0.272 e. The molecule has 0 aliphatic carbocycles. The van der Waals surface area contributed by atoms with Crippen molar-refractivity contribution in [2.45, 2.75) is 4.90 Å². The molecule has 0 radical (unpaired) electrons. The highest BCUT2D eigenvalue weighted by Crippen LogP contribution is 2.41. The molecule has 3 aromatic carbocycles. The lowest BCUT2D eigenvalue weighted by atomic mass is 10.2. The predicted molar refractivity (Wildman–Crippen MR) is 131 cm³/mol. The van der Waals surface area contributed by atoms with E-state index in [1.165, 1.54) is 27.4 Å². The third-order valence-corrected chi connectivity index (χ3v) is 8.70. The molecule has 0 saturated carbocycles.